The molecule has 4 aliphatic rings. The van der Waals surface area contributed by atoms with Gasteiger partial charge in [-0.15, -0.1) is 0 Å². The van der Waals surface area contributed by atoms with E-state index in [1.165, 1.54) is 0 Å². The van der Waals surface area contributed by atoms with E-state index in [1.54, 1.807) is 36.4 Å². The number of halogens is 1. The zero-order valence-electron chi connectivity index (χ0n) is 22.0. The molecule has 8 heteroatoms. The van der Waals surface area contributed by atoms with Crippen molar-refractivity contribution in [1.29, 1.82) is 0 Å². The Morgan fingerprint density at radius 3 is 2.70 bits per heavy atom. The normalized spacial score (nSPS) is 27.9. The van der Waals surface area contributed by atoms with E-state index in [4.69, 9.17) is 16.3 Å². The predicted octanol–water partition coefficient (Wildman–Crippen LogP) is 5.23. The van der Waals surface area contributed by atoms with E-state index in [9.17, 15) is 14.4 Å². The van der Waals surface area contributed by atoms with Crippen molar-refractivity contribution in [3.05, 3.63) is 101 Å². The first kappa shape index (κ1) is 25.1. The van der Waals surface area contributed by atoms with Gasteiger partial charge in [-0.2, -0.15) is 0 Å². The number of amides is 2. The van der Waals surface area contributed by atoms with Crippen LogP contribution < -0.4 is 15.4 Å². The van der Waals surface area contributed by atoms with Gasteiger partial charge in [-0.25, -0.2) is 0 Å². The number of aryl methyl sites for hydroxylation is 1. The van der Waals surface area contributed by atoms with Gasteiger partial charge in [0.2, 0.25) is 5.91 Å². The van der Waals surface area contributed by atoms with Gasteiger partial charge >= 0.3 is 0 Å². The summed E-state index contributed by atoms with van der Waals surface area (Å²) < 4.78 is 5.90. The standard InChI is InChI=1S/C32H28ClN3O4/c1-3-15-40-25-13-7-4-9-20(25)28(37)26-24-12-8-14-36(24)32(22-17-19(33)16-18(2)27(22)35-30(32)39)31(26)21-10-5-6-11-23(21)34-29(31)38/h3-7,9-11,13,16-17,24,26H,1,8,12,14-15H2,2H3,(H,34,38)(H,35,39)/t24-,26-,31-,32-/m0/s1. The smallest absolute Gasteiger partial charge is 0.251 e. The van der Waals surface area contributed by atoms with Crippen molar-refractivity contribution in [3.8, 4) is 5.75 Å². The topological polar surface area (TPSA) is 87.7 Å². The van der Waals surface area contributed by atoms with E-state index < -0.39 is 16.9 Å². The van der Waals surface area contributed by atoms with Crippen LogP contribution in [0.3, 0.4) is 0 Å². The molecule has 2 fully saturated rings. The van der Waals surface area contributed by atoms with Crippen molar-refractivity contribution in [2.75, 3.05) is 23.8 Å². The number of nitrogens with zero attached hydrogens (tertiary/aromatic N) is 1. The number of carbonyl (C=O) groups is 3. The van der Waals surface area contributed by atoms with Crippen LogP contribution in [0.5, 0.6) is 5.75 Å². The number of fused-ring (bicyclic) bond motifs is 7. The minimum absolute atomic E-state index is 0.222. The van der Waals surface area contributed by atoms with Crippen LogP contribution in [-0.2, 0) is 20.5 Å². The number of para-hydroxylation sites is 2. The summed E-state index contributed by atoms with van der Waals surface area (Å²) in [6, 6.07) is 17.8. The molecule has 4 heterocycles. The van der Waals surface area contributed by atoms with Crippen LogP contribution in [0.15, 0.2) is 73.3 Å². The zero-order chi connectivity index (χ0) is 27.8. The summed E-state index contributed by atoms with van der Waals surface area (Å²) in [6.07, 6.45) is 3.10. The summed E-state index contributed by atoms with van der Waals surface area (Å²) in [5, 5.41) is 6.65. The largest absolute Gasteiger partial charge is 0.489 e. The third kappa shape index (κ3) is 2.91. The number of rotatable bonds is 5. The second-order valence-electron chi connectivity index (χ2n) is 11.0. The highest BCUT2D eigenvalue weighted by molar-refractivity contribution is 6.31. The minimum atomic E-state index is -1.54. The van der Waals surface area contributed by atoms with Gasteiger partial charge in [0.05, 0.1) is 11.5 Å². The number of Topliss-reactive ketones (excluding diaryl/α,β-unsaturated/α-hetero) is 1. The van der Waals surface area contributed by atoms with E-state index in [0.29, 0.717) is 51.8 Å². The van der Waals surface area contributed by atoms with E-state index >= 15 is 0 Å². The molecule has 2 N–H and O–H groups in total. The molecular weight excluding hydrogens is 526 g/mol. The molecule has 0 aliphatic carbocycles. The van der Waals surface area contributed by atoms with E-state index in [2.05, 4.69) is 22.1 Å². The van der Waals surface area contributed by atoms with Crippen molar-refractivity contribution >= 4 is 40.6 Å². The lowest BCUT2D eigenvalue weighted by molar-refractivity contribution is -0.137. The van der Waals surface area contributed by atoms with Crippen molar-refractivity contribution in [2.45, 2.75) is 36.8 Å². The first-order valence-electron chi connectivity index (χ1n) is 13.5. The summed E-state index contributed by atoms with van der Waals surface area (Å²) in [4.78, 5) is 46.2. The number of hydrogen-bond donors (Lipinski definition) is 2. The lowest BCUT2D eigenvalue weighted by Gasteiger charge is -2.43. The fourth-order valence-electron chi connectivity index (χ4n) is 7.92. The zero-order valence-corrected chi connectivity index (χ0v) is 22.8. The maximum absolute atomic E-state index is 14.9. The summed E-state index contributed by atoms with van der Waals surface area (Å²) >= 11 is 6.63. The summed E-state index contributed by atoms with van der Waals surface area (Å²) in [7, 11) is 0. The molecular formula is C32H28ClN3O4. The Bertz CT molecular complexity index is 1640. The molecule has 4 aliphatic heterocycles. The lowest BCUT2D eigenvalue weighted by atomic mass is 9.57. The van der Waals surface area contributed by atoms with Crippen LogP contribution in [0.25, 0.3) is 0 Å². The second kappa shape index (κ2) is 8.78. The van der Waals surface area contributed by atoms with Crippen LogP contribution in [0.4, 0.5) is 11.4 Å². The van der Waals surface area contributed by atoms with Crippen LogP contribution in [0.1, 0.15) is 39.9 Å². The van der Waals surface area contributed by atoms with Gasteiger partial charge in [0, 0.05) is 28.0 Å². The highest BCUT2D eigenvalue weighted by atomic mass is 35.5. The fraction of sp³-hybridized carbons (Fsp3) is 0.281. The number of anilines is 2. The monoisotopic (exact) mass is 553 g/mol. The Morgan fingerprint density at radius 1 is 1.10 bits per heavy atom. The molecule has 0 radical (unpaired) electrons. The quantitative estimate of drug-likeness (QED) is 0.334. The van der Waals surface area contributed by atoms with E-state index in [0.717, 1.165) is 12.0 Å². The molecule has 7 nitrogen and oxygen atoms in total. The third-order valence-electron chi connectivity index (χ3n) is 9.16. The van der Waals surface area contributed by atoms with Crippen molar-refractivity contribution in [3.63, 3.8) is 0 Å². The highest BCUT2D eigenvalue weighted by Gasteiger charge is 2.81. The van der Waals surface area contributed by atoms with Crippen LogP contribution >= 0.6 is 11.6 Å². The van der Waals surface area contributed by atoms with Crippen molar-refractivity contribution < 1.29 is 19.1 Å². The molecule has 3 aromatic rings. The minimum Gasteiger partial charge on any atom is -0.489 e. The maximum atomic E-state index is 14.9. The number of carbonyl (C=O) groups excluding carboxylic acids is 3. The molecule has 2 amide bonds. The van der Waals surface area contributed by atoms with Gasteiger partial charge in [-0.3, -0.25) is 19.3 Å². The van der Waals surface area contributed by atoms with Gasteiger partial charge in [0.15, 0.2) is 5.78 Å². The average Bonchev–Trinajstić information content (AvgIpc) is 3.66. The first-order chi connectivity index (χ1) is 19.4. The Balaban J connectivity index is 1.57. The molecule has 4 atom stereocenters. The predicted molar refractivity (Wildman–Crippen MR) is 153 cm³/mol. The molecule has 0 unspecified atom stereocenters. The molecule has 0 aromatic heterocycles. The summed E-state index contributed by atoms with van der Waals surface area (Å²) in [5.41, 5.74) is 0.752. The number of nitrogens with one attached hydrogen (secondary N) is 2. The summed E-state index contributed by atoms with van der Waals surface area (Å²) in [6.45, 7) is 6.43. The van der Waals surface area contributed by atoms with Gasteiger partial charge in [-0.1, -0.05) is 54.6 Å². The van der Waals surface area contributed by atoms with Crippen LogP contribution in [0, 0.1) is 12.8 Å². The molecule has 2 saturated heterocycles. The van der Waals surface area contributed by atoms with Gasteiger partial charge < -0.3 is 15.4 Å². The van der Waals surface area contributed by atoms with E-state index in [-0.39, 0.29) is 30.2 Å². The molecule has 40 heavy (non-hydrogen) atoms. The number of hydrogen-bond acceptors (Lipinski definition) is 5. The van der Waals surface area contributed by atoms with Gasteiger partial charge in [0.25, 0.3) is 5.91 Å². The summed E-state index contributed by atoms with van der Waals surface area (Å²) in [5.74, 6) is -1.32. The molecule has 7 rings (SSSR count). The molecule has 0 bridgehead atoms. The fourth-order valence-corrected chi connectivity index (χ4v) is 8.20. The Kier molecular flexibility index (Phi) is 5.50. The Morgan fingerprint density at radius 2 is 1.88 bits per heavy atom. The van der Waals surface area contributed by atoms with Crippen molar-refractivity contribution in [2.24, 2.45) is 5.92 Å². The first-order valence-corrected chi connectivity index (χ1v) is 13.9. The van der Waals surface area contributed by atoms with E-state index in [1.807, 2.05) is 37.3 Å². The van der Waals surface area contributed by atoms with Crippen LogP contribution in [-0.4, -0.2) is 41.7 Å². The van der Waals surface area contributed by atoms with Crippen LogP contribution in [0.2, 0.25) is 5.02 Å². The maximum Gasteiger partial charge on any atom is 0.251 e. The SMILES string of the molecule is C=CCOc1ccccc1C(=O)[C@@H]1[C@@H]2CCCN2[C@@]2(C(=O)Nc3c(C)cc(Cl)cc32)[C@]12C(=O)Nc1ccccc12. The number of ketones is 1. The molecule has 202 valence electrons. The van der Waals surface area contributed by atoms with Gasteiger partial charge in [-0.05, 0) is 67.8 Å². The number of ether oxygens (including phenoxy) is 1. The molecule has 0 saturated carbocycles. The van der Waals surface area contributed by atoms with Crippen molar-refractivity contribution in [1.82, 2.24) is 4.90 Å². The second-order valence-corrected chi connectivity index (χ2v) is 11.4. The third-order valence-corrected chi connectivity index (χ3v) is 9.38. The average molecular weight is 554 g/mol. The Labute approximate surface area is 237 Å². The molecule has 3 aromatic carbocycles. The lowest BCUT2D eigenvalue weighted by Crippen LogP contribution is -2.62. The highest BCUT2D eigenvalue weighted by Crippen LogP contribution is 2.68. The number of benzene rings is 3. The Hall–Kier alpha value is -3.94. The van der Waals surface area contributed by atoms with Gasteiger partial charge in [0.1, 0.15) is 23.3 Å². The molecule has 2 spiro atoms.